The van der Waals surface area contributed by atoms with Crippen LogP contribution in [0.3, 0.4) is 0 Å². The Kier molecular flexibility index (Phi) is 3.84. The van der Waals surface area contributed by atoms with E-state index in [0.717, 1.165) is 0 Å². The third-order valence-electron chi connectivity index (χ3n) is 1.44. The Hall–Kier alpha value is -2.57. The van der Waals surface area contributed by atoms with Crippen molar-refractivity contribution in [3.8, 4) is 5.75 Å². The highest BCUT2D eigenvalue weighted by atomic mass is 16.3. The second kappa shape index (κ2) is 5.35. The third kappa shape index (κ3) is 4.09. The second-order valence-corrected chi connectivity index (χ2v) is 2.70. The lowest BCUT2D eigenvalue weighted by atomic mass is 10.3. The van der Waals surface area contributed by atoms with Gasteiger partial charge in [-0.05, 0) is 12.1 Å². The maximum atomic E-state index is 10.2. The molecule has 1 heterocycles. The molecule has 2 rings (SSSR count). The molecule has 2 aromatic rings. The van der Waals surface area contributed by atoms with Gasteiger partial charge in [-0.25, -0.2) is 14.4 Å². The largest absolute Gasteiger partial charge is 0.508 e. The van der Waals surface area contributed by atoms with Crippen LogP contribution in [0.25, 0.3) is 0 Å². The van der Waals surface area contributed by atoms with Crippen LogP contribution in [0.2, 0.25) is 0 Å². The van der Waals surface area contributed by atoms with Crippen molar-refractivity contribution in [2.75, 3.05) is 0 Å². The molecule has 0 amide bonds. The number of aromatic amines is 3. The first kappa shape index (κ1) is 11.5. The molecule has 1 aromatic carbocycles. The first-order valence-electron chi connectivity index (χ1n) is 4.25. The van der Waals surface area contributed by atoms with Gasteiger partial charge in [0.2, 0.25) is 0 Å². The molecule has 0 fully saturated rings. The summed E-state index contributed by atoms with van der Waals surface area (Å²) in [5, 5.41) is 8.63. The van der Waals surface area contributed by atoms with Gasteiger partial charge in [-0.15, -0.1) is 0 Å². The Morgan fingerprint density at radius 1 is 0.750 bits per heavy atom. The average molecular weight is 223 g/mol. The highest BCUT2D eigenvalue weighted by Crippen LogP contribution is 2.02. The summed E-state index contributed by atoms with van der Waals surface area (Å²) < 4.78 is 0. The summed E-state index contributed by atoms with van der Waals surface area (Å²) >= 11 is 0. The number of hydrogen-bond donors (Lipinski definition) is 4. The number of benzene rings is 1. The molecule has 1 aromatic heterocycles. The zero-order valence-electron chi connectivity index (χ0n) is 8.06. The molecule has 0 aliphatic heterocycles. The minimum Gasteiger partial charge on any atom is -0.508 e. The zero-order valence-corrected chi connectivity index (χ0v) is 8.06. The topological polar surface area (TPSA) is 119 Å². The van der Waals surface area contributed by atoms with Crippen LogP contribution < -0.4 is 17.1 Å². The van der Waals surface area contributed by atoms with Crippen LogP contribution in [0.4, 0.5) is 0 Å². The Labute approximate surface area is 88.4 Å². The summed E-state index contributed by atoms with van der Waals surface area (Å²) in [4.78, 5) is 35.9. The number of phenolic OH excluding ortho intramolecular Hbond substituents is 1. The smallest absolute Gasteiger partial charge is 0.330 e. The molecule has 0 bridgehead atoms. The van der Waals surface area contributed by atoms with Crippen molar-refractivity contribution in [2.45, 2.75) is 0 Å². The first-order valence-corrected chi connectivity index (χ1v) is 4.25. The summed E-state index contributed by atoms with van der Waals surface area (Å²) in [7, 11) is 0. The highest BCUT2D eigenvalue weighted by molar-refractivity contribution is 5.18. The molecule has 16 heavy (non-hydrogen) atoms. The number of hydrogen-bond acceptors (Lipinski definition) is 4. The van der Waals surface area contributed by atoms with Crippen molar-refractivity contribution in [3.05, 3.63) is 61.8 Å². The van der Waals surface area contributed by atoms with Crippen molar-refractivity contribution in [1.29, 1.82) is 0 Å². The third-order valence-corrected chi connectivity index (χ3v) is 1.44. The van der Waals surface area contributed by atoms with E-state index in [2.05, 4.69) is 0 Å². The zero-order chi connectivity index (χ0) is 12.0. The molecule has 0 atom stereocenters. The number of rotatable bonds is 0. The number of aromatic nitrogens is 3. The molecule has 0 saturated heterocycles. The van der Waals surface area contributed by atoms with Crippen LogP contribution in [0.15, 0.2) is 44.7 Å². The van der Waals surface area contributed by atoms with E-state index < -0.39 is 17.1 Å². The number of H-pyrrole nitrogens is 3. The number of nitrogens with one attached hydrogen (secondary N) is 3. The lowest BCUT2D eigenvalue weighted by molar-refractivity contribution is 0.475. The van der Waals surface area contributed by atoms with E-state index in [0.29, 0.717) is 5.75 Å². The molecule has 0 radical (unpaired) electrons. The minimum absolute atomic E-state index is 0.322. The molecule has 0 aliphatic carbocycles. The maximum Gasteiger partial charge on any atom is 0.330 e. The van der Waals surface area contributed by atoms with Crippen molar-refractivity contribution in [2.24, 2.45) is 0 Å². The van der Waals surface area contributed by atoms with Gasteiger partial charge in [-0.1, -0.05) is 18.2 Å². The number of aromatic hydroxyl groups is 1. The Morgan fingerprint density at radius 3 is 1.38 bits per heavy atom. The van der Waals surface area contributed by atoms with Gasteiger partial charge in [-0.2, -0.15) is 0 Å². The maximum absolute atomic E-state index is 10.2. The molecular formula is C9H9N3O4. The first-order chi connectivity index (χ1) is 7.58. The van der Waals surface area contributed by atoms with Gasteiger partial charge in [0, 0.05) is 0 Å². The van der Waals surface area contributed by atoms with Crippen molar-refractivity contribution in [1.82, 2.24) is 15.0 Å². The van der Waals surface area contributed by atoms with Crippen LogP contribution in [-0.4, -0.2) is 20.1 Å². The molecule has 0 unspecified atom stereocenters. The van der Waals surface area contributed by atoms with Crippen LogP contribution in [-0.2, 0) is 0 Å². The molecule has 84 valence electrons. The lowest BCUT2D eigenvalue weighted by Gasteiger charge is -1.82. The molecular weight excluding hydrogens is 214 g/mol. The molecule has 7 heteroatoms. The van der Waals surface area contributed by atoms with Crippen LogP contribution >= 0.6 is 0 Å². The van der Waals surface area contributed by atoms with Gasteiger partial charge in [-0.3, -0.25) is 15.0 Å². The van der Waals surface area contributed by atoms with Gasteiger partial charge in [0.15, 0.2) is 0 Å². The van der Waals surface area contributed by atoms with E-state index in [-0.39, 0.29) is 0 Å². The Bertz CT molecular complexity index is 518. The predicted molar refractivity (Wildman–Crippen MR) is 56.4 cm³/mol. The van der Waals surface area contributed by atoms with Gasteiger partial charge in [0.05, 0.1) is 0 Å². The molecule has 4 N–H and O–H groups in total. The highest BCUT2D eigenvalue weighted by Gasteiger charge is 1.85. The SMILES string of the molecule is O=c1[nH]c(=O)[nH]c(=O)[nH]1.Oc1ccccc1. The van der Waals surface area contributed by atoms with Crippen LogP contribution in [0.5, 0.6) is 5.75 Å². The van der Waals surface area contributed by atoms with Gasteiger partial charge in [0.25, 0.3) is 0 Å². The van der Waals surface area contributed by atoms with E-state index >= 15 is 0 Å². The minimum atomic E-state index is -0.802. The van der Waals surface area contributed by atoms with E-state index in [4.69, 9.17) is 5.11 Å². The van der Waals surface area contributed by atoms with Crippen molar-refractivity contribution in [3.63, 3.8) is 0 Å². The van der Waals surface area contributed by atoms with E-state index in [1.54, 1.807) is 39.2 Å². The number of phenols is 1. The molecule has 0 saturated carbocycles. The van der Waals surface area contributed by atoms with Crippen LogP contribution in [0.1, 0.15) is 0 Å². The van der Waals surface area contributed by atoms with E-state index in [9.17, 15) is 14.4 Å². The normalized spacial score (nSPS) is 9.00. The molecule has 0 aliphatic rings. The monoisotopic (exact) mass is 223 g/mol. The summed E-state index contributed by atoms with van der Waals surface area (Å²) in [5.41, 5.74) is -2.41. The fraction of sp³-hybridized carbons (Fsp3) is 0. The fourth-order valence-electron chi connectivity index (χ4n) is 0.831. The molecule has 0 spiro atoms. The lowest BCUT2D eigenvalue weighted by Crippen LogP contribution is -2.34. The summed E-state index contributed by atoms with van der Waals surface area (Å²) in [6.45, 7) is 0. The quantitative estimate of drug-likeness (QED) is 0.464. The standard InChI is InChI=1S/C6H6O.C3H3N3O3/c7-6-4-2-1-3-5-6;7-1-4-2(8)6-3(9)5-1/h1-5,7H;(H3,4,5,6,7,8,9). The van der Waals surface area contributed by atoms with E-state index in [1.807, 2.05) is 6.07 Å². The summed E-state index contributed by atoms with van der Waals surface area (Å²) in [6, 6.07) is 8.71. The average Bonchev–Trinajstić information content (AvgIpc) is 2.17. The van der Waals surface area contributed by atoms with Gasteiger partial charge >= 0.3 is 17.1 Å². The predicted octanol–water partition coefficient (Wildman–Crippen LogP) is -0.856. The summed E-state index contributed by atoms with van der Waals surface area (Å²) in [6.07, 6.45) is 0. The van der Waals surface area contributed by atoms with Crippen LogP contribution in [0, 0.1) is 0 Å². The van der Waals surface area contributed by atoms with E-state index in [1.165, 1.54) is 0 Å². The Morgan fingerprint density at radius 2 is 1.12 bits per heavy atom. The van der Waals surface area contributed by atoms with Crippen molar-refractivity contribution < 1.29 is 5.11 Å². The van der Waals surface area contributed by atoms with Crippen molar-refractivity contribution >= 4 is 0 Å². The Balaban J connectivity index is 0.000000165. The molecule has 7 nitrogen and oxygen atoms in total. The van der Waals surface area contributed by atoms with Gasteiger partial charge in [0.1, 0.15) is 5.75 Å². The second-order valence-electron chi connectivity index (χ2n) is 2.70. The number of para-hydroxylation sites is 1. The van der Waals surface area contributed by atoms with Gasteiger partial charge < -0.3 is 5.11 Å². The summed E-state index contributed by atoms with van der Waals surface area (Å²) in [5.74, 6) is 0.322. The fourth-order valence-corrected chi connectivity index (χ4v) is 0.831.